The van der Waals surface area contributed by atoms with E-state index in [2.05, 4.69) is 53.0 Å². The number of thiazole rings is 1. The number of ether oxygens (including phenoxy) is 2. The Kier molecular flexibility index (Phi) is 15.3. The highest BCUT2D eigenvalue weighted by Gasteiger charge is 2.55. The second kappa shape index (κ2) is 22.8. The Morgan fingerprint density at radius 1 is 0.733 bits per heavy atom. The van der Waals surface area contributed by atoms with Gasteiger partial charge in [-0.05, 0) is 34.4 Å². The van der Waals surface area contributed by atoms with E-state index in [-0.39, 0.29) is 29.5 Å². The summed E-state index contributed by atoms with van der Waals surface area (Å²) < 4.78 is 11.1. The maximum absolute atomic E-state index is 15.3. The Morgan fingerprint density at radius 2 is 1.23 bits per heavy atom. The summed E-state index contributed by atoms with van der Waals surface area (Å²) in [4.78, 5) is 57.9. The van der Waals surface area contributed by atoms with E-state index in [1.54, 1.807) is 36.8 Å². The van der Waals surface area contributed by atoms with Gasteiger partial charge in [0.15, 0.2) is 10.8 Å². The Balaban J connectivity index is 1.04. The van der Waals surface area contributed by atoms with Gasteiger partial charge < -0.3 is 24.9 Å². The lowest BCUT2D eigenvalue weighted by Gasteiger charge is -2.49. The van der Waals surface area contributed by atoms with Crippen LogP contribution in [0.1, 0.15) is 44.6 Å². The van der Waals surface area contributed by atoms with Crippen LogP contribution in [-0.4, -0.2) is 63.4 Å². The van der Waals surface area contributed by atoms with E-state index in [0.717, 1.165) is 38.9 Å². The summed E-state index contributed by atoms with van der Waals surface area (Å²) in [7, 11) is 1.58. The summed E-state index contributed by atoms with van der Waals surface area (Å²) in [5.74, 6) is 2.02. The van der Waals surface area contributed by atoms with Gasteiger partial charge in [-0.3, -0.25) is 14.5 Å². The van der Waals surface area contributed by atoms with Crippen LogP contribution in [0.3, 0.4) is 0 Å². The van der Waals surface area contributed by atoms with Crippen LogP contribution in [0, 0.1) is 12.3 Å². The predicted molar refractivity (Wildman–Crippen MR) is 298 cm³/mol. The maximum Gasteiger partial charge on any atom is 0.356 e. The number of nitrogens with zero attached hydrogens (tertiary/aromatic N) is 3. The third-order valence-corrected chi connectivity index (χ3v) is 16.2. The number of hydrogen-bond acceptors (Lipinski definition) is 12. The number of hydrogen-bond donors (Lipinski definition) is 2. The number of nitrogens with one attached hydrogen (secondary N) is 2. The fourth-order valence-corrected chi connectivity index (χ4v) is 12.4. The third kappa shape index (κ3) is 10.2. The van der Waals surface area contributed by atoms with E-state index < -0.39 is 40.3 Å². The number of benzene rings is 7. The van der Waals surface area contributed by atoms with Crippen molar-refractivity contribution in [1.29, 1.82) is 0 Å². The van der Waals surface area contributed by atoms with Crippen LogP contribution in [0.5, 0.6) is 5.75 Å². The van der Waals surface area contributed by atoms with E-state index in [1.807, 2.05) is 146 Å². The number of thioether (sulfide) groups is 2. The molecule has 11 nitrogen and oxygen atoms in total. The molecule has 0 saturated carbocycles. The van der Waals surface area contributed by atoms with E-state index in [4.69, 9.17) is 30.9 Å². The lowest BCUT2D eigenvalue weighted by atomic mass is 9.77. The van der Waals surface area contributed by atoms with Gasteiger partial charge in [-0.1, -0.05) is 205 Å². The minimum Gasteiger partial charge on any atom is -0.497 e. The molecule has 0 bridgehead atoms. The smallest absolute Gasteiger partial charge is 0.356 e. The zero-order chi connectivity index (χ0) is 51.6. The van der Waals surface area contributed by atoms with E-state index in [1.165, 1.54) is 39.8 Å². The zero-order valence-electron chi connectivity index (χ0n) is 40.6. The summed E-state index contributed by atoms with van der Waals surface area (Å²) in [6, 6.07) is 65.6. The number of fused-ring (bicyclic) bond motifs is 1. The second-order valence-electron chi connectivity index (χ2n) is 17.4. The van der Waals surface area contributed by atoms with Gasteiger partial charge in [0.2, 0.25) is 5.60 Å². The van der Waals surface area contributed by atoms with Crippen molar-refractivity contribution in [3.8, 4) is 18.1 Å². The van der Waals surface area contributed by atoms with Gasteiger partial charge >= 0.3 is 5.97 Å². The minimum absolute atomic E-state index is 0.0384. The number of methoxy groups -OCH3 is 1. The average molecular weight is 1040 g/mol. The number of esters is 1. The molecule has 2 atom stereocenters. The van der Waals surface area contributed by atoms with Crippen LogP contribution in [0.2, 0.25) is 0 Å². The van der Waals surface area contributed by atoms with Crippen molar-refractivity contribution in [2.45, 2.75) is 29.2 Å². The van der Waals surface area contributed by atoms with Crippen LogP contribution >= 0.6 is 34.9 Å². The first-order valence-electron chi connectivity index (χ1n) is 24.0. The number of terminal acetylenes is 1. The molecule has 2 N–H and O–H groups in total. The Morgan fingerprint density at radius 3 is 1.71 bits per heavy atom. The van der Waals surface area contributed by atoms with Gasteiger partial charge in [0, 0.05) is 32.7 Å². The van der Waals surface area contributed by atoms with Crippen molar-refractivity contribution in [2.24, 2.45) is 5.16 Å². The van der Waals surface area contributed by atoms with Crippen LogP contribution in [0.15, 0.2) is 227 Å². The Hall–Kier alpha value is -8.35. The third-order valence-electron chi connectivity index (χ3n) is 13.0. The van der Waals surface area contributed by atoms with Gasteiger partial charge in [-0.25, -0.2) is 9.78 Å². The van der Waals surface area contributed by atoms with E-state index in [9.17, 15) is 9.59 Å². The maximum atomic E-state index is 15.3. The SMILES string of the molecule is C#CCSC1=C(C(=O)OCc2ccc(OC)cc2)N2C(=O)[C@@H](NC(=O)/C(=N\OC(c3ccccc3)(c3ccccc3)c3ccccc3)c3csc(NC(c4ccccc4)(c4ccccc4)c4ccccc4)n3)[C@@H]2SC1. The molecule has 372 valence electrons. The molecule has 0 radical (unpaired) electrons. The van der Waals surface area contributed by atoms with Gasteiger partial charge in [-0.15, -0.1) is 41.3 Å². The normalized spacial score (nSPS) is 15.4. The highest BCUT2D eigenvalue weighted by atomic mass is 32.2. The quantitative estimate of drug-likeness (QED) is 0.0202. The standard InChI is InChI=1S/C61H49N5O6S3/c1-3-38-73-51-41-74-57-53(56(68)66(57)54(51)58(69)71-39-42-34-36-49(70-2)37-35-42)63-55(67)52(65-72-61(46-28-16-7-17-29-46,47-30-18-8-19-31-47)48-32-20-9-21-33-48)50-40-75-59(62-50)64-60(43-22-10-4-11-23-43,44-24-12-5-13-25-44)45-26-14-6-15-27-45/h1,4-37,40,53,57H,38-39,41H2,2H3,(H,62,64)(H,63,67)/b65-52-/t53-,57+/m1/s1. The molecule has 0 spiro atoms. The fraction of sp³-hybridized carbons (Fsp3) is 0.131. The number of β-lactam (4-membered cyclic amide) rings is 1. The van der Waals surface area contributed by atoms with Crippen molar-refractivity contribution in [2.75, 3.05) is 23.9 Å². The number of carbonyl (C=O) groups excluding carboxylic acids is 3. The molecule has 0 unspecified atom stereocenters. The molecule has 1 aromatic heterocycles. The van der Waals surface area contributed by atoms with Crippen molar-refractivity contribution >= 4 is 63.5 Å². The molecule has 14 heteroatoms. The van der Waals surface area contributed by atoms with Gasteiger partial charge in [0.25, 0.3) is 11.8 Å². The second-order valence-corrected chi connectivity index (χ2v) is 20.4. The summed E-state index contributed by atoms with van der Waals surface area (Å²) >= 11 is 4.02. The number of oxime groups is 1. The topological polar surface area (TPSA) is 131 Å². The van der Waals surface area contributed by atoms with Crippen molar-refractivity contribution in [3.63, 3.8) is 0 Å². The first-order chi connectivity index (χ1) is 36.8. The first kappa shape index (κ1) is 50.2. The monoisotopic (exact) mass is 1040 g/mol. The fourth-order valence-electron chi connectivity index (χ4n) is 9.35. The van der Waals surface area contributed by atoms with Gasteiger partial charge in [0.1, 0.15) is 40.7 Å². The van der Waals surface area contributed by atoms with Crippen molar-refractivity contribution in [3.05, 3.63) is 267 Å². The molecule has 75 heavy (non-hydrogen) atoms. The highest BCUT2D eigenvalue weighted by Crippen LogP contribution is 2.45. The molecule has 2 amide bonds. The Labute approximate surface area is 448 Å². The molecule has 3 heterocycles. The summed E-state index contributed by atoms with van der Waals surface area (Å²) in [5, 5.41) is 13.2. The summed E-state index contributed by atoms with van der Waals surface area (Å²) in [6.45, 7) is -0.0384. The molecular formula is C61H49N5O6S3. The van der Waals surface area contributed by atoms with Crippen LogP contribution in [-0.2, 0) is 41.7 Å². The average Bonchev–Trinajstić information content (AvgIpc) is 3.96. The number of carbonyl (C=O) groups is 3. The van der Waals surface area contributed by atoms with Crippen LogP contribution < -0.4 is 15.4 Å². The highest BCUT2D eigenvalue weighted by molar-refractivity contribution is 8.06. The first-order valence-corrected chi connectivity index (χ1v) is 26.9. The number of anilines is 1. The van der Waals surface area contributed by atoms with Crippen LogP contribution in [0.4, 0.5) is 5.13 Å². The number of amides is 2. The van der Waals surface area contributed by atoms with Crippen molar-refractivity contribution in [1.82, 2.24) is 15.2 Å². The summed E-state index contributed by atoms with van der Waals surface area (Å²) in [5.41, 5.74) is 3.71. The molecule has 7 aromatic carbocycles. The van der Waals surface area contributed by atoms with E-state index in [0.29, 0.717) is 21.5 Å². The number of rotatable bonds is 19. The molecule has 1 saturated heterocycles. The zero-order valence-corrected chi connectivity index (χ0v) is 43.0. The molecule has 0 aliphatic carbocycles. The number of aromatic nitrogens is 1. The molecule has 2 aliphatic heterocycles. The molecule has 1 fully saturated rings. The predicted octanol–water partition coefficient (Wildman–Crippen LogP) is 11.0. The lowest BCUT2D eigenvalue weighted by Crippen LogP contribution is -2.71. The molecule has 8 aromatic rings. The van der Waals surface area contributed by atoms with Gasteiger partial charge in [0.05, 0.1) is 12.9 Å². The Bertz CT molecular complexity index is 3180. The van der Waals surface area contributed by atoms with Crippen LogP contribution in [0.25, 0.3) is 0 Å². The molecule has 2 aliphatic rings. The minimum atomic E-state index is -1.36. The molecule has 10 rings (SSSR count). The van der Waals surface area contributed by atoms with Gasteiger partial charge in [-0.2, -0.15) is 0 Å². The molecular weight excluding hydrogens is 995 g/mol. The lowest BCUT2D eigenvalue weighted by molar-refractivity contribution is -0.153. The largest absolute Gasteiger partial charge is 0.497 e. The van der Waals surface area contributed by atoms with Crippen molar-refractivity contribution < 1.29 is 28.7 Å². The van der Waals surface area contributed by atoms with E-state index >= 15 is 4.79 Å². The summed E-state index contributed by atoms with van der Waals surface area (Å²) in [6.07, 6.45) is 5.66.